The number of aryl methyl sites for hydroxylation is 1. The van der Waals surface area contributed by atoms with Gasteiger partial charge in [-0.1, -0.05) is 30.9 Å². The summed E-state index contributed by atoms with van der Waals surface area (Å²) in [6, 6.07) is 5.01. The van der Waals surface area contributed by atoms with Crippen LogP contribution in [-0.2, 0) is 4.79 Å². The summed E-state index contributed by atoms with van der Waals surface area (Å²) in [5.74, 6) is 0.308. The van der Waals surface area contributed by atoms with Crippen molar-refractivity contribution < 1.29 is 13.9 Å². The van der Waals surface area contributed by atoms with Gasteiger partial charge in [-0.15, -0.1) is 0 Å². The molecule has 1 saturated carbocycles. The number of carbonyl (C=O) groups excluding carboxylic acids is 1. The maximum atomic E-state index is 12.6. The standard InChI is InChI=1S/C20H24ClNO4/c1-3-22(14-7-5-4-6-8-14)19(23)12-25-18-11-17-15(10-16(18)21)13(2)9-20(24)26-17/h9-11,14H,3-8,12H2,1-2H3. The van der Waals surface area contributed by atoms with E-state index in [4.69, 9.17) is 20.8 Å². The summed E-state index contributed by atoms with van der Waals surface area (Å²) >= 11 is 6.29. The highest BCUT2D eigenvalue weighted by atomic mass is 35.5. The summed E-state index contributed by atoms with van der Waals surface area (Å²) in [6.45, 7) is 4.41. The fourth-order valence-electron chi connectivity index (χ4n) is 3.68. The van der Waals surface area contributed by atoms with Gasteiger partial charge < -0.3 is 14.1 Å². The average molecular weight is 378 g/mol. The Kier molecular flexibility index (Phi) is 5.87. The summed E-state index contributed by atoms with van der Waals surface area (Å²) in [4.78, 5) is 26.1. The minimum atomic E-state index is -0.422. The first-order valence-electron chi connectivity index (χ1n) is 9.16. The van der Waals surface area contributed by atoms with Gasteiger partial charge in [0.05, 0.1) is 5.02 Å². The second-order valence-electron chi connectivity index (χ2n) is 6.79. The third-order valence-electron chi connectivity index (χ3n) is 5.03. The molecule has 26 heavy (non-hydrogen) atoms. The molecule has 0 saturated heterocycles. The van der Waals surface area contributed by atoms with E-state index in [-0.39, 0.29) is 12.5 Å². The molecule has 1 aromatic carbocycles. The topological polar surface area (TPSA) is 59.8 Å². The van der Waals surface area contributed by atoms with Gasteiger partial charge in [-0.3, -0.25) is 4.79 Å². The Labute approximate surface area is 157 Å². The van der Waals surface area contributed by atoms with E-state index in [1.165, 1.54) is 25.3 Å². The van der Waals surface area contributed by atoms with Gasteiger partial charge >= 0.3 is 5.63 Å². The Morgan fingerprint density at radius 2 is 2.00 bits per heavy atom. The summed E-state index contributed by atoms with van der Waals surface area (Å²) < 4.78 is 10.9. The predicted molar refractivity (Wildman–Crippen MR) is 102 cm³/mol. The van der Waals surface area contributed by atoms with E-state index in [2.05, 4.69) is 0 Å². The summed E-state index contributed by atoms with van der Waals surface area (Å²) in [5, 5.41) is 1.15. The second kappa shape index (κ2) is 8.12. The zero-order valence-electron chi connectivity index (χ0n) is 15.2. The molecule has 0 spiro atoms. The molecule has 6 heteroatoms. The number of likely N-dealkylation sites (N-methyl/N-ethyl adjacent to an activating group) is 1. The minimum Gasteiger partial charge on any atom is -0.482 e. The van der Waals surface area contributed by atoms with Gasteiger partial charge in [0.2, 0.25) is 0 Å². The van der Waals surface area contributed by atoms with Gasteiger partial charge in [-0.2, -0.15) is 0 Å². The van der Waals surface area contributed by atoms with Crippen LogP contribution in [0.2, 0.25) is 5.02 Å². The number of hydrogen-bond acceptors (Lipinski definition) is 4. The molecule has 0 unspecified atom stereocenters. The van der Waals surface area contributed by atoms with Crippen LogP contribution >= 0.6 is 11.6 Å². The lowest BCUT2D eigenvalue weighted by atomic mass is 9.94. The molecular formula is C20H24ClNO4. The number of nitrogens with zero attached hydrogens (tertiary/aromatic N) is 1. The van der Waals surface area contributed by atoms with Crippen LogP contribution < -0.4 is 10.4 Å². The van der Waals surface area contributed by atoms with Gasteiger partial charge in [-0.25, -0.2) is 4.79 Å². The van der Waals surface area contributed by atoms with Gasteiger partial charge in [0.1, 0.15) is 11.3 Å². The number of rotatable bonds is 5. The predicted octanol–water partition coefficient (Wildman–Crippen LogP) is 4.31. The number of carbonyl (C=O) groups is 1. The first-order valence-corrected chi connectivity index (χ1v) is 9.53. The smallest absolute Gasteiger partial charge is 0.336 e. The Bertz CT molecular complexity index is 855. The van der Waals surface area contributed by atoms with Crippen molar-refractivity contribution in [2.75, 3.05) is 13.2 Å². The van der Waals surface area contributed by atoms with Crippen LogP contribution in [0, 0.1) is 6.92 Å². The highest BCUT2D eigenvalue weighted by Crippen LogP contribution is 2.31. The lowest BCUT2D eigenvalue weighted by Crippen LogP contribution is -2.43. The largest absolute Gasteiger partial charge is 0.482 e. The maximum absolute atomic E-state index is 12.6. The number of fused-ring (bicyclic) bond motifs is 1. The zero-order valence-corrected chi connectivity index (χ0v) is 16.0. The number of ether oxygens (including phenoxy) is 1. The highest BCUT2D eigenvalue weighted by Gasteiger charge is 2.24. The van der Waals surface area contributed by atoms with Gasteiger partial charge in [0.15, 0.2) is 6.61 Å². The number of hydrogen-bond donors (Lipinski definition) is 0. The van der Waals surface area contributed by atoms with Crippen molar-refractivity contribution in [3.8, 4) is 5.75 Å². The molecule has 5 nitrogen and oxygen atoms in total. The van der Waals surface area contributed by atoms with Crippen LogP contribution in [0.1, 0.15) is 44.6 Å². The highest BCUT2D eigenvalue weighted by molar-refractivity contribution is 6.32. The molecule has 1 amide bonds. The fourth-order valence-corrected chi connectivity index (χ4v) is 3.90. The molecule has 0 radical (unpaired) electrons. The normalized spacial score (nSPS) is 15.2. The molecule has 1 fully saturated rings. The van der Waals surface area contributed by atoms with Crippen molar-refractivity contribution in [3.05, 3.63) is 39.2 Å². The third-order valence-corrected chi connectivity index (χ3v) is 5.33. The van der Waals surface area contributed by atoms with E-state index in [1.807, 2.05) is 18.7 Å². The van der Waals surface area contributed by atoms with Gasteiger partial charge in [-0.05, 0) is 38.3 Å². The SMILES string of the molecule is CCN(C(=O)COc1cc2oc(=O)cc(C)c2cc1Cl)C1CCCCC1. The van der Waals surface area contributed by atoms with Crippen LogP contribution in [-0.4, -0.2) is 30.0 Å². The Morgan fingerprint density at radius 3 is 2.69 bits per heavy atom. The second-order valence-corrected chi connectivity index (χ2v) is 7.19. The minimum absolute atomic E-state index is 0.0405. The number of benzene rings is 1. The first-order chi connectivity index (χ1) is 12.5. The van der Waals surface area contributed by atoms with Crippen molar-refractivity contribution in [3.63, 3.8) is 0 Å². The Balaban J connectivity index is 1.75. The van der Waals surface area contributed by atoms with E-state index in [1.54, 1.807) is 12.1 Å². The summed E-state index contributed by atoms with van der Waals surface area (Å²) in [7, 11) is 0. The van der Waals surface area contributed by atoms with Crippen LogP contribution in [0.3, 0.4) is 0 Å². The van der Waals surface area contributed by atoms with E-state index < -0.39 is 5.63 Å². The molecule has 1 aromatic heterocycles. The molecular weight excluding hydrogens is 354 g/mol. The third kappa shape index (κ3) is 4.04. The van der Waals surface area contributed by atoms with Gasteiger partial charge in [0.25, 0.3) is 5.91 Å². The molecule has 1 aliphatic rings. The van der Waals surface area contributed by atoms with E-state index in [0.29, 0.717) is 28.9 Å². The molecule has 0 N–H and O–H groups in total. The van der Waals surface area contributed by atoms with Gasteiger partial charge in [0, 0.05) is 30.1 Å². The monoisotopic (exact) mass is 377 g/mol. The van der Waals surface area contributed by atoms with E-state index >= 15 is 0 Å². The molecule has 2 aromatic rings. The molecule has 1 heterocycles. The van der Waals surface area contributed by atoms with Crippen LogP contribution in [0.4, 0.5) is 0 Å². The Hall–Kier alpha value is -2.01. The fraction of sp³-hybridized carbons (Fsp3) is 0.500. The zero-order chi connectivity index (χ0) is 18.7. The summed E-state index contributed by atoms with van der Waals surface area (Å²) in [6.07, 6.45) is 5.70. The number of halogens is 1. The lowest BCUT2D eigenvalue weighted by molar-refractivity contribution is -0.136. The van der Waals surface area contributed by atoms with E-state index in [9.17, 15) is 9.59 Å². The summed E-state index contributed by atoms with van der Waals surface area (Å²) in [5.41, 5.74) is 0.769. The molecule has 0 aliphatic heterocycles. The van der Waals surface area contributed by atoms with Crippen molar-refractivity contribution in [1.29, 1.82) is 0 Å². The first kappa shape index (κ1) is 18.8. The van der Waals surface area contributed by atoms with Crippen molar-refractivity contribution in [2.24, 2.45) is 0 Å². The maximum Gasteiger partial charge on any atom is 0.336 e. The van der Waals surface area contributed by atoms with Crippen molar-refractivity contribution >= 4 is 28.5 Å². The average Bonchev–Trinajstić information content (AvgIpc) is 2.62. The van der Waals surface area contributed by atoms with Crippen LogP contribution in [0.25, 0.3) is 11.0 Å². The van der Waals surface area contributed by atoms with Crippen LogP contribution in [0.15, 0.2) is 27.4 Å². The van der Waals surface area contributed by atoms with Crippen LogP contribution in [0.5, 0.6) is 5.75 Å². The van der Waals surface area contributed by atoms with Crippen molar-refractivity contribution in [1.82, 2.24) is 4.90 Å². The number of amides is 1. The molecule has 1 aliphatic carbocycles. The van der Waals surface area contributed by atoms with Crippen molar-refractivity contribution in [2.45, 2.75) is 52.0 Å². The molecule has 0 bridgehead atoms. The Morgan fingerprint density at radius 1 is 1.27 bits per heavy atom. The van der Waals surface area contributed by atoms with E-state index in [0.717, 1.165) is 23.8 Å². The molecule has 0 atom stereocenters. The quantitative estimate of drug-likeness (QED) is 0.728. The molecule has 140 valence electrons. The lowest BCUT2D eigenvalue weighted by Gasteiger charge is -2.33. The molecule has 3 rings (SSSR count).